The maximum atomic E-state index is 14.9. The summed E-state index contributed by atoms with van der Waals surface area (Å²) >= 11 is 1.88. The molecule has 172 valence electrons. The van der Waals surface area contributed by atoms with Gasteiger partial charge in [-0.2, -0.15) is 0 Å². The second kappa shape index (κ2) is 8.47. The predicted molar refractivity (Wildman–Crippen MR) is 134 cm³/mol. The number of halogens is 1. The number of aromatic nitrogens is 1. The molecule has 0 aliphatic carbocycles. The Morgan fingerprint density at radius 2 is 1.84 bits per heavy atom. The first-order valence-electron chi connectivity index (χ1n) is 11.9. The second-order valence-electron chi connectivity index (χ2n) is 10.0. The third-order valence-corrected chi connectivity index (χ3v) is 8.29. The molecule has 2 atom stereocenters. The van der Waals surface area contributed by atoms with Gasteiger partial charge in [-0.3, -0.25) is 4.90 Å². The molecule has 1 aromatic carbocycles. The fraction of sp³-hybridized carbons (Fsp3) is 0.538. The van der Waals surface area contributed by atoms with Crippen LogP contribution in [0.3, 0.4) is 0 Å². The van der Waals surface area contributed by atoms with Crippen molar-refractivity contribution in [2.75, 3.05) is 44.2 Å². The van der Waals surface area contributed by atoms with Crippen LogP contribution in [0.2, 0.25) is 0 Å². The van der Waals surface area contributed by atoms with Crippen molar-refractivity contribution < 1.29 is 4.39 Å². The summed E-state index contributed by atoms with van der Waals surface area (Å²) in [5.74, 6) is 0. The number of aromatic amines is 1. The van der Waals surface area contributed by atoms with E-state index < -0.39 is 5.67 Å². The first kappa shape index (κ1) is 21.9. The minimum Gasteiger partial charge on any atom is -0.361 e. The van der Waals surface area contributed by atoms with Gasteiger partial charge in [-0.25, -0.2) is 4.39 Å². The minimum atomic E-state index is -1.24. The molecular weight excluding hydrogens is 419 g/mol. The number of nitrogens with one attached hydrogen (secondary N) is 1. The maximum absolute atomic E-state index is 14.9. The normalized spacial score (nSPS) is 23.1. The highest BCUT2D eigenvalue weighted by Crippen LogP contribution is 2.44. The zero-order valence-electron chi connectivity index (χ0n) is 19.7. The molecule has 5 rings (SSSR count). The van der Waals surface area contributed by atoms with E-state index in [1.807, 2.05) is 11.3 Å². The number of nitrogens with zero attached hydrogens (tertiary/aromatic N) is 3. The number of benzene rings is 1. The number of rotatable bonds is 5. The van der Waals surface area contributed by atoms with Gasteiger partial charge in [0.25, 0.3) is 0 Å². The Morgan fingerprint density at radius 3 is 2.56 bits per heavy atom. The van der Waals surface area contributed by atoms with Crippen molar-refractivity contribution in [3.63, 3.8) is 0 Å². The summed E-state index contributed by atoms with van der Waals surface area (Å²) in [6.07, 6.45) is 0.948. The van der Waals surface area contributed by atoms with Crippen molar-refractivity contribution in [2.45, 2.75) is 51.9 Å². The number of H-pyrrole nitrogens is 1. The standard InChI is InChI=1S/C26H35FN4S/c1-5-29-12-14-30(15-13-29)23-11-10-22(32-23)25-24-20(19-8-6-7-9-21(19)28-24)16-18(2)31(25)17-26(3,4)27/h6-11,18,25,28H,5,12-17H2,1-4H3/t18-,25-/m1/s1. The van der Waals surface area contributed by atoms with E-state index in [-0.39, 0.29) is 12.1 Å². The molecule has 2 aliphatic rings. The lowest BCUT2D eigenvalue weighted by molar-refractivity contribution is 0.0679. The van der Waals surface area contributed by atoms with Gasteiger partial charge < -0.3 is 14.8 Å². The second-order valence-corrected chi connectivity index (χ2v) is 11.1. The lowest BCUT2D eigenvalue weighted by Crippen LogP contribution is -2.47. The Labute approximate surface area is 195 Å². The molecule has 0 unspecified atom stereocenters. The number of piperazine rings is 1. The van der Waals surface area contributed by atoms with E-state index >= 15 is 0 Å². The van der Waals surface area contributed by atoms with Crippen LogP contribution < -0.4 is 4.90 Å². The van der Waals surface area contributed by atoms with Crippen LogP contribution in [-0.4, -0.2) is 65.8 Å². The first-order valence-corrected chi connectivity index (χ1v) is 12.8. The fourth-order valence-corrected chi connectivity index (χ4v) is 6.63. The van der Waals surface area contributed by atoms with Gasteiger partial charge >= 0.3 is 0 Å². The Kier molecular flexibility index (Phi) is 5.81. The zero-order valence-corrected chi connectivity index (χ0v) is 20.5. The summed E-state index contributed by atoms with van der Waals surface area (Å²) in [6, 6.07) is 13.5. The maximum Gasteiger partial charge on any atom is 0.118 e. The van der Waals surface area contributed by atoms with Crippen molar-refractivity contribution in [2.24, 2.45) is 0 Å². The zero-order chi connectivity index (χ0) is 22.5. The molecule has 32 heavy (non-hydrogen) atoms. The van der Waals surface area contributed by atoms with Crippen molar-refractivity contribution in [1.82, 2.24) is 14.8 Å². The molecule has 1 N–H and O–H groups in total. The largest absolute Gasteiger partial charge is 0.361 e. The minimum absolute atomic E-state index is 0.0619. The molecule has 0 radical (unpaired) electrons. The quantitative estimate of drug-likeness (QED) is 0.555. The molecule has 0 spiro atoms. The molecule has 0 bridgehead atoms. The van der Waals surface area contributed by atoms with Gasteiger partial charge in [-0.1, -0.05) is 25.1 Å². The first-order chi connectivity index (χ1) is 15.3. The average molecular weight is 455 g/mol. The van der Waals surface area contributed by atoms with Crippen LogP contribution in [0, 0.1) is 0 Å². The number of thiophene rings is 1. The van der Waals surface area contributed by atoms with E-state index in [4.69, 9.17) is 0 Å². The molecular formula is C26H35FN4S. The van der Waals surface area contributed by atoms with Crippen LogP contribution in [0.25, 0.3) is 10.9 Å². The van der Waals surface area contributed by atoms with Crippen LogP contribution >= 0.6 is 11.3 Å². The lowest BCUT2D eigenvalue weighted by atomic mass is 9.90. The highest BCUT2D eigenvalue weighted by molar-refractivity contribution is 7.16. The Hall–Kier alpha value is -1.89. The molecule has 4 heterocycles. The molecule has 2 aromatic heterocycles. The number of anilines is 1. The van der Waals surface area contributed by atoms with Crippen LogP contribution in [0.1, 0.15) is 49.9 Å². The SMILES string of the molecule is CCN1CCN(c2ccc([C@@H]3c4[nH]c5ccccc5c4C[C@@H](C)N3CC(C)(C)F)s2)CC1. The van der Waals surface area contributed by atoms with E-state index in [0.717, 1.165) is 39.1 Å². The number of hydrogen-bond donors (Lipinski definition) is 1. The third kappa shape index (κ3) is 4.09. The molecule has 0 amide bonds. The summed E-state index contributed by atoms with van der Waals surface area (Å²) in [4.78, 5) is 12.4. The van der Waals surface area contributed by atoms with Gasteiger partial charge in [0.05, 0.1) is 11.0 Å². The van der Waals surface area contributed by atoms with Crippen LogP contribution in [0.4, 0.5) is 9.39 Å². The van der Waals surface area contributed by atoms with Gasteiger partial charge in [-0.05, 0) is 57.5 Å². The van der Waals surface area contributed by atoms with Crippen LogP contribution in [-0.2, 0) is 6.42 Å². The number of alkyl halides is 1. The topological polar surface area (TPSA) is 25.5 Å². The molecule has 1 saturated heterocycles. The van der Waals surface area contributed by atoms with Crippen LogP contribution in [0.5, 0.6) is 0 Å². The summed E-state index contributed by atoms with van der Waals surface area (Å²) in [6.45, 7) is 13.8. The van der Waals surface area contributed by atoms with Crippen molar-refractivity contribution in [1.29, 1.82) is 0 Å². The molecule has 0 saturated carbocycles. The number of hydrogen-bond acceptors (Lipinski definition) is 4. The monoisotopic (exact) mass is 454 g/mol. The average Bonchev–Trinajstić information content (AvgIpc) is 3.39. The Balaban J connectivity index is 1.53. The highest BCUT2D eigenvalue weighted by atomic mass is 32.1. The van der Waals surface area contributed by atoms with Crippen molar-refractivity contribution in [3.05, 3.63) is 52.5 Å². The molecule has 1 fully saturated rings. The van der Waals surface area contributed by atoms with Crippen molar-refractivity contribution >= 4 is 27.2 Å². The third-order valence-electron chi connectivity index (χ3n) is 7.09. The highest BCUT2D eigenvalue weighted by Gasteiger charge is 2.39. The van der Waals surface area contributed by atoms with E-state index in [0.29, 0.717) is 6.54 Å². The molecule has 4 nitrogen and oxygen atoms in total. The number of para-hydroxylation sites is 1. The predicted octanol–water partition coefficient (Wildman–Crippen LogP) is 5.46. The van der Waals surface area contributed by atoms with E-state index in [1.165, 1.54) is 32.0 Å². The lowest BCUT2D eigenvalue weighted by Gasteiger charge is -2.42. The van der Waals surface area contributed by atoms with E-state index in [1.54, 1.807) is 13.8 Å². The Morgan fingerprint density at radius 1 is 1.09 bits per heavy atom. The molecule has 6 heteroatoms. The van der Waals surface area contributed by atoms with Gasteiger partial charge in [0.2, 0.25) is 0 Å². The van der Waals surface area contributed by atoms with E-state index in [2.05, 4.69) is 69.9 Å². The van der Waals surface area contributed by atoms with Crippen molar-refractivity contribution in [3.8, 4) is 0 Å². The van der Waals surface area contributed by atoms with Gasteiger partial charge in [0, 0.05) is 60.2 Å². The van der Waals surface area contributed by atoms with Crippen LogP contribution in [0.15, 0.2) is 36.4 Å². The Bertz CT molecular complexity index is 1070. The molecule has 2 aliphatic heterocycles. The number of fused-ring (bicyclic) bond motifs is 3. The van der Waals surface area contributed by atoms with E-state index in [9.17, 15) is 4.39 Å². The fourth-order valence-electron chi connectivity index (χ4n) is 5.44. The summed E-state index contributed by atoms with van der Waals surface area (Å²) < 4.78 is 14.9. The summed E-state index contributed by atoms with van der Waals surface area (Å²) in [5, 5.41) is 2.65. The molecule has 3 aromatic rings. The summed E-state index contributed by atoms with van der Waals surface area (Å²) in [5.41, 5.74) is 2.59. The summed E-state index contributed by atoms with van der Waals surface area (Å²) in [7, 11) is 0. The number of likely N-dealkylation sites (N-methyl/N-ethyl adjacent to an activating group) is 1. The van der Waals surface area contributed by atoms with Gasteiger partial charge in [0.15, 0.2) is 0 Å². The smallest absolute Gasteiger partial charge is 0.118 e. The van der Waals surface area contributed by atoms with Gasteiger partial charge in [0.1, 0.15) is 5.67 Å². The van der Waals surface area contributed by atoms with Gasteiger partial charge in [-0.15, -0.1) is 11.3 Å².